The third-order valence-electron chi connectivity index (χ3n) is 2.52. The van der Waals surface area contributed by atoms with E-state index in [9.17, 15) is 0 Å². The van der Waals surface area contributed by atoms with Gasteiger partial charge in [-0.05, 0) is 12.1 Å². The molecule has 2 aliphatic rings. The number of rotatable bonds is 2. The second-order valence-electron chi connectivity index (χ2n) is 3.57. The minimum Gasteiger partial charge on any atom is -0.454 e. The fourth-order valence-electron chi connectivity index (χ4n) is 1.61. The van der Waals surface area contributed by atoms with Gasteiger partial charge in [-0.2, -0.15) is 0 Å². The molecule has 0 saturated carbocycles. The number of fused-ring (bicyclic) bond motifs is 1. The van der Waals surface area contributed by atoms with Crippen molar-refractivity contribution in [1.82, 2.24) is 5.32 Å². The van der Waals surface area contributed by atoms with Crippen LogP contribution in [0.1, 0.15) is 0 Å². The molecule has 2 N–H and O–H groups in total. The Bertz CT molecular complexity index is 350. The summed E-state index contributed by atoms with van der Waals surface area (Å²) in [5, 5.41) is 6.63. The molecule has 1 saturated heterocycles. The summed E-state index contributed by atoms with van der Waals surface area (Å²) in [6.45, 7) is 2.41. The molecule has 0 bridgehead atoms. The van der Waals surface area contributed by atoms with Gasteiger partial charge in [0.15, 0.2) is 11.5 Å². The molecule has 1 fully saturated rings. The smallest absolute Gasteiger partial charge is 0.231 e. The Balaban J connectivity index is 1.78. The maximum Gasteiger partial charge on any atom is 0.231 e. The van der Waals surface area contributed by atoms with Crippen LogP contribution in [0.2, 0.25) is 0 Å². The van der Waals surface area contributed by atoms with Crippen molar-refractivity contribution in [2.75, 3.05) is 25.2 Å². The summed E-state index contributed by atoms with van der Waals surface area (Å²) in [6, 6.07) is 6.50. The second-order valence-corrected chi connectivity index (χ2v) is 3.57. The quantitative estimate of drug-likeness (QED) is 0.727. The Morgan fingerprint density at radius 3 is 2.86 bits per heavy atom. The van der Waals surface area contributed by atoms with Crippen LogP contribution in [0.4, 0.5) is 5.69 Å². The van der Waals surface area contributed by atoms with Gasteiger partial charge in [-0.25, -0.2) is 0 Å². The van der Waals surface area contributed by atoms with Crippen LogP contribution < -0.4 is 20.1 Å². The minimum atomic E-state index is 0.337. The lowest BCUT2D eigenvalue weighted by Crippen LogP contribution is -2.51. The van der Waals surface area contributed by atoms with E-state index in [4.69, 9.17) is 9.47 Å². The number of anilines is 1. The van der Waals surface area contributed by atoms with Gasteiger partial charge in [-0.1, -0.05) is 0 Å². The van der Waals surface area contributed by atoms with Gasteiger partial charge in [0.25, 0.3) is 0 Å². The van der Waals surface area contributed by atoms with E-state index in [-0.39, 0.29) is 0 Å². The highest BCUT2D eigenvalue weighted by molar-refractivity contribution is 5.56. The first-order chi connectivity index (χ1) is 6.92. The molecule has 1 aromatic carbocycles. The molecule has 2 aliphatic heterocycles. The molecule has 0 aliphatic carbocycles. The zero-order chi connectivity index (χ0) is 9.38. The standard InChI is InChI=1S/C10H12N2O2/c1-2-9-10(14-6-13-9)3-7(1)12-8-4-11-5-8/h1-3,8,11-12H,4-6H2. The first-order valence-electron chi connectivity index (χ1n) is 4.79. The fourth-order valence-corrected chi connectivity index (χ4v) is 1.61. The highest BCUT2D eigenvalue weighted by Gasteiger charge is 2.18. The van der Waals surface area contributed by atoms with Crippen LogP contribution in [0.3, 0.4) is 0 Å². The molecule has 14 heavy (non-hydrogen) atoms. The van der Waals surface area contributed by atoms with Gasteiger partial charge in [0.2, 0.25) is 6.79 Å². The van der Waals surface area contributed by atoms with E-state index >= 15 is 0 Å². The van der Waals surface area contributed by atoms with Crippen molar-refractivity contribution in [2.45, 2.75) is 6.04 Å². The van der Waals surface area contributed by atoms with E-state index in [1.54, 1.807) is 0 Å². The van der Waals surface area contributed by atoms with Gasteiger partial charge in [-0.3, -0.25) is 0 Å². The number of nitrogens with one attached hydrogen (secondary N) is 2. The maximum atomic E-state index is 5.29. The third kappa shape index (κ3) is 1.28. The van der Waals surface area contributed by atoms with Crippen molar-refractivity contribution < 1.29 is 9.47 Å². The predicted octanol–water partition coefficient (Wildman–Crippen LogP) is 0.799. The van der Waals surface area contributed by atoms with Gasteiger partial charge in [-0.15, -0.1) is 0 Å². The molecule has 0 radical (unpaired) electrons. The molecule has 0 atom stereocenters. The van der Waals surface area contributed by atoms with Crippen LogP contribution in [0, 0.1) is 0 Å². The monoisotopic (exact) mass is 192 g/mol. The summed E-state index contributed by atoms with van der Waals surface area (Å²) in [5.74, 6) is 1.67. The Morgan fingerprint density at radius 2 is 2.07 bits per heavy atom. The fraction of sp³-hybridized carbons (Fsp3) is 0.400. The van der Waals surface area contributed by atoms with Crippen molar-refractivity contribution in [3.8, 4) is 11.5 Å². The largest absolute Gasteiger partial charge is 0.454 e. The summed E-state index contributed by atoms with van der Waals surface area (Å²) in [5.41, 5.74) is 1.10. The first-order valence-corrected chi connectivity index (χ1v) is 4.79. The van der Waals surface area contributed by atoms with Crippen molar-refractivity contribution in [3.63, 3.8) is 0 Å². The normalized spacial score (nSPS) is 19.1. The molecule has 74 valence electrons. The van der Waals surface area contributed by atoms with Gasteiger partial charge < -0.3 is 20.1 Å². The van der Waals surface area contributed by atoms with Crippen molar-refractivity contribution in [3.05, 3.63) is 18.2 Å². The Hall–Kier alpha value is -1.42. The van der Waals surface area contributed by atoms with E-state index in [0.29, 0.717) is 12.8 Å². The van der Waals surface area contributed by atoms with Crippen LogP contribution in [-0.2, 0) is 0 Å². The average molecular weight is 192 g/mol. The topological polar surface area (TPSA) is 42.5 Å². The number of hydrogen-bond acceptors (Lipinski definition) is 4. The number of benzene rings is 1. The van der Waals surface area contributed by atoms with Crippen molar-refractivity contribution in [2.24, 2.45) is 0 Å². The molecule has 0 amide bonds. The van der Waals surface area contributed by atoms with Crippen LogP contribution in [-0.4, -0.2) is 25.9 Å². The number of hydrogen-bond donors (Lipinski definition) is 2. The summed E-state index contributed by atoms with van der Waals surface area (Å²) >= 11 is 0. The zero-order valence-corrected chi connectivity index (χ0v) is 7.75. The summed E-state index contributed by atoms with van der Waals surface area (Å²) in [6.07, 6.45) is 0. The molecule has 4 nitrogen and oxygen atoms in total. The van der Waals surface area contributed by atoms with E-state index in [1.807, 2.05) is 18.2 Å². The molecule has 4 heteroatoms. The lowest BCUT2D eigenvalue weighted by Gasteiger charge is -2.28. The Labute approximate surface area is 82.2 Å². The van der Waals surface area contributed by atoms with Gasteiger partial charge in [0.05, 0.1) is 6.04 Å². The average Bonchev–Trinajstić information content (AvgIpc) is 2.58. The Kier molecular flexibility index (Phi) is 1.73. The molecule has 0 unspecified atom stereocenters. The van der Waals surface area contributed by atoms with Crippen LogP contribution >= 0.6 is 0 Å². The van der Waals surface area contributed by atoms with E-state index in [1.165, 1.54) is 0 Å². The molecule has 2 heterocycles. The highest BCUT2D eigenvalue weighted by Crippen LogP contribution is 2.34. The van der Waals surface area contributed by atoms with Crippen LogP contribution in [0.5, 0.6) is 11.5 Å². The lowest BCUT2D eigenvalue weighted by molar-refractivity contribution is 0.174. The summed E-state index contributed by atoms with van der Waals surface area (Å²) in [4.78, 5) is 0. The zero-order valence-electron chi connectivity index (χ0n) is 7.75. The maximum absolute atomic E-state index is 5.29. The van der Waals surface area contributed by atoms with E-state index in [0.717, 1.165) is 30.3 Å². The molecular weight excluding hydrogens is 180 g/mol. The summed E-state index contributed by atoms with van der Waals surface area (Å²) < 4.78 is 10.5. The van der Waals surface area contributed by atoms with Crippen LogP contribution in [0.15, 0.2) is 18.2 Å². The SMILES string of the molecule is c1cc2c(cc1NC1CNC1)OCO2. The predicted molar refractivity (Wildman–Crippen MR) is 52.8 cm³/mol. The molecule has 0 aromatic heterocycles. The molecular formula is C10H12N2O2. The minimum absolute atomic E-state index is 0.337. The number of ether oxygens (including phenoxy) is 2. The van der Waals surface area contributed by atoms with Crippen molar-refractivity contribution in [1.29, 1.82) is 0 Å². The van der Waals surface area contributed by atoms with E-state index < -0.39 is 0 Å². The van der Waals surface area contributed by atoms with Crippen molar-refractivity contribution >= 4 is 5.69 Å². The molecule has 3 rings (SSSR count). The molecule has 1 aromatic rings. The highest BCUT2D eigenvalue weighted by atomic mass is 16.7. The molecule has 0 spiro atoms. The van der Waals surface area contributed by atoms with Gasteiger partial charge >= 0.3 is 0 Å². The third-order valence-corrected chi connectivity index (χ3v) is 2.52. The first kappa shape index (κ1) is 7.94. The van der Waals surface area contributed by atoms with Gasteiger partial charge in [0.1, 0.15) is 0 Å². The lowest BCUT2D eigenvalue weighted by atomic mass is 10.1. The Morgan fingerprint density at radius 1 is 1.21 bits per heavy atom. The summed E-state index contributed by atoms with van der Waals surface area (Å²) in [7, 11) is 0. The second kappa shape index (κ2) is 3.06. The van der Waals surface area contributed by atoms with E-state index in [2.05, 4.69) is 10.6 Å². The van der Waals surface area contributed by atoms with Crippen LogP contribution in [0.25, 0.3) is 0 Å². The van der Waals surface area contributed by atoms with Gasteiger partial charge in [0, 0.05) is 24.8 Å².